The van der Waals surface area contributed by atoms with Gasteiger partial charge in [0.2, 0.25) is 0 Å². The lowest BCUT2D eigenvalue weighted by Crippen LogP contribution is -2.17. The predicted octanol–water partition coefficient (Wildman–Crippen LogP) is 3.81. The van der Waals surface area contributed by atoms with Crippen molar-refractivity contribution in [1.82, 2.24) is 5.32 Å². The molecular formula is C12H15ClF3N. The molecule has 17 heavy (non-hydrogen) atoms. The summed E-state index contributed by atoms with van der Waals surface area (Å²) in [5.74, 6) is 0. The highest BCUT2D eigenvalue weighted by atomic mass is 35.5. The van der Waals surface area contributed by atoms with Gasteiger partial charge in [0.1, 0.15) is 0 Å². The largest absolute Gasteiger partial charge is 0.416 e. The summed E-state index contributed by atoms with van der Waals surface area (Å²) in [7, 11) is 0. The number of halogens is 4. The molecule has 1 unspecified atom stereocenters. The van der Waals surface area contributed by atoms with Crippen molar-refractivity contribution in [1.29, 1.82) is 0 Å². The smallest absolute Gasteiger partial charge is 0.313 e. The Morgan fingerprint density at radius 1 is 1.24 bits per heavy atom. The Balaban J connectivity index is 2.41. The Morgan fingerprint density at radius 2 is 1.82 bits per heavy atom. The van der Waals surface area contributed by atoms with Crippen LogP contribution in [-0.2, 0) is 12.7 Å². The summed E-state index contributed by atoms with van der Waals surface area (Å²) in [5, 5.41) is 3.23. The minimum absolute atomic E-state index is 0.107. The molecule has 1 rings (SSSR count). The highest BCUT2D eigenvalue weighted by Crippen LogP contribution is 2.28. The van der Waals surface area contributed by atoms with E-state index in [2.05, 4.69) is 5.32 Å². The monoisotopic (exact) mass is 265 g/mol. The van der Waals surface area contributed by atoms with E-state index in [1.165, 1.54) is 12.1 Å². The first kappa shape index (κ1) is 14.3. The summed E-state index contributed by atoms with van der Waals surface area (Å²) in [5.41, 5.74) is 0.218. The van der Waals surface area contributed by atoms with Crippen LogP contribution in [0.2, 0.25) is 0 Å². The van der Waals surface area contributed by atoms with Gasteiger partial charge in [-0.1, -0.05) is 12.1 Å². The van der Waals surface area contributed by atoms with Crippen LogP contribution in [0.4, 0.5) is 13.2 Å². The van der Waals surface area contributed by atoms with Crippen LogP contribution < -0.4 is 5.32 Å². The molecule has 0 aliphatic carbocycles. The van der Waals surface area contributed by atoms with Gasteiger partial charge in [0.15, 0.2) is 0 Å². The minimum Gasteiger partial charge on any atom is -0.313 e. The van der Waals surface area contributed by atoms with Crippen LogP contribution in [0.5, 0.6) is 0 Å². The lowest BCUT2D eigenvalue weighted by molar-refractivity contribution is -0.137. The van der Waals surface area contributed by atoms with E-state index in [9.17, 15) is 13.2 Å². The van der Waals surface area contributed by atoms with Gasteiger partial charge >= 0.3 is 6.18 Å². The number of rotatable bonds is 5. The van der Waals surface area contributed by atoms with Crippen molar-refractivity contribution in [2.75, 3.05) is 6.54 Å². The van der Waals surface area contributed by atoms with Gasteiger partial charge in [-0.2, -0.15) is 13.2 Å². The van der Waals surface area contributed by atoms with Gasteiger partial charge < -0.3 is 5.32 Å². The number of benzene rings is 1. The predicted molar refractivity (Wildman–Crippen MR) is 63.1 cm³/mol. The van der Waals surface area contributed by atoms with Crippen LogP contribution >= 0.6 is 11.6 Å². The second-order valence-corrected chi connectivity index (χ2v) is 4.69. The Hall–Kier alpha value is -0.740. The number of hydrogen-bond donors (Lipinski definition) is 1. The first-order valence-electron chi connectivity index (χ1n) is 5.40. The molecule has 96 valence electrons. The lowest BCUT2D eigenvalue weighted by atomic mass is 10.1. The zero-order chi connectivity index (χ0) is 12.9. The standard InChI is InChI=1S/C12H15ClF3N/c1-9(13)6-7-17-8-10-2-4-11(5-3-10)12(14,15)16/h2-5,9,17H,6-8H2,1H3. The molecule has 0 saturated heterocycles. The molecule has 0 bridgehead atoms. The zero-order valence-corrected chi connectivity index (χ0v) is 10.3. The van der Waals surface area contributed by atoms with Gasteiger partial charge in [-0.15, -0.1) is 11.6 Å². The average Bonchev–Trinajstić information content (AvgIpc) is 2.23. The molecule has 0 radical (unpaired) electrons. The first-order chi connectivity index (χ1) is 7.89. The Kier molecular flexibility index (Phi) is 5.28. The molecule has 0 aliphatic rings. The Morgan fingerprint density at radius 3 is 2.29 bits per heavy atom. The molecular weight excluding hydrogens is 251 g/mol. The molecule has 1 nitrogen and oxygen atoms in total. The summed E-state index contributed by atoms with van der Waals surface area (Å²) in [6.45, 7) is 3.22. The average molecular weight is 266 g/mol. The molecule has 0 aromatic heterocycles. The SMILES string of the molecule is CC(Cl)CCNCc1ccc(C(F)(F)F)cc1. The van der Waals surface area contributed by atoms with E-state index in [1.54, 1.807) is 0 Å². The van der Waals surface area contributed by atoms with Crippen molar-refractivity contribution in [3.8, 4) is 0 Å². The second kappa shape index (κ2) is 6.26. The highest BCUT2D eigenvalue weighted by Gasteiger charge is 2.29. The van der Waals surface area contributed by atoms with Crippen LogP contribution in [0.3, 0.4) is 0 Å². The summed E-state index contributed by atoms with van der Waals surface area (Å²) in [4.78, 5) is 0. The fourth-order valence-electron chi connectivity index (χ4n) is 1.35. The minimum atomic E-state index is -4.26. The van der Waals surface area contributed by atoms with Crippen LogP contribution in [-0.4, -0.2) is 11.9 Å². The van der Waals surface area contributed by atoms with E-state index in [0.717, 1.165) is 30.7 Å². The maximum Gasteiger partial charge on any atom is 0.416 e. The molecule has 1 atom stereocenters. The molecule has 0 spiro atoms. The van der Waals surface area contributed by atoms with Gasteiger partial charge in [-0.05, 0) is 37.6 Å². The lowest BCUT2D eigenvalue weighted by Gasteiger charge is -2.09. The van der Waals surface area contributed by atoms with Gasteiger partial charge in [-0.3, -0.25) is 0 Å². The summed E-state index contributed by atoms with van der Waals surface area (Å²) in [6, 6.07) is 5.17. The molecule has 1 N–H and O–H groups in total. The Bertz CT molecular complexity index is 333. The van der Waals surface area contributed by atoms with Gasteiger partial charge in [0.25, 0.3) is 0 Å². The molecule has 0 heterocycles. The van der Waals surface area contributed by atoms with E-state index >= 15 is 0 Å². The molecule has 1 aromatic rings. The number of nitrogens with one attached hydrogen (secondary N) is 1. The topological polar surface area (TPSA) is 12.0 Å². The maximum absolute atomic E-state index is 12.3. The van der Waals surface area contributed by atoms with Crippen LogP contribution in [0, 0.1) is 0 Å². The van der Waals surface area contributed by atoms with E-state index in [-0.39, 0.29) is 5.38 Å². The van der Waals surface area contributed by atoms with Crippen molar-refractivity contribution < 1.29 is 13.2 Å². The molecule has 5 heteroatoms. The highest BCUT2D eigenvalue weighted by molar-refractivity contribution is 6.20. The first-order valence-corrected chi connectivity index (χ1v) is 5.84. The molecule has 1 aromatic carbocycles. The molecule has 0 fully saturated rings. The fourth-order valence-corrected chi connectivity index (χ4v) is 1.45. The van der Waals surface area contributed by atoms with E-state index in [4.69, 9.17) is 11.6 Å². The summed E-state index contributed by atoms with van der Waals surface area (Å²) < 4.78 is 36.9. The van der Waals surface area contributed by atoms with Gasteiger partial charge in [-0.25, -0.2) is 0 Å². The fraction of sp³-hybridized carbons (Fsp3) is 0.500. The summed E-state index contributed by atoms with van der Waals surface area (Å²) in [6.07, 6.45) is -3.43. The van der Waals surface area contributed by atoms with Gasteiger partial charge in [0.05, 0.1) is 5.56 Å². The van der Waals surface area contributed by atoms with Crippen molar-refractivity contribution >= 4 is 11.6 Å². The maximum atomic E-state index is 12.3. The van der Waals surface area contributed by atoms with E-state index in [1.807, 2.05) is 6.92 Å². The van der Waals surface area contributed by atoms with E-state index < -0.39 is 11.7 Å². The van der Waals surface area contributed by atoms with E-state index in [0.29, 0.717) is 6.54 Å². The molecule has 0 saturated carbocycles. The second-order valence-electron chi connectivity index (χ2n) is 3.94. The number of hydrogen-bond acceptors (Lipinski definition) is 1. The normalized spacial score (nSPS) is 13.7. The third kappa shape index (κ3) is 5.41. The van der Waals surface area contributed by atoms with Crippen molar-refractivity contribution in [2.24, 2.45) is 0 Å². The van der Waals surface area contributed by atoms with Crippen LogP contribution in [0.15, 0.2) is 24.3 Å². The Labute approximate surface area is 104 Å². The molecule has 0 amide bonds. The summed E-state index contributed by atoms with van der Waals surface area (Å²) >= 11 is 5.77. The van der Waals surface area contributed by atoms with Crippen molar-refractivity contribution in [3.63, 3.8) is 0 Å². The third-order valence-electron chi connectivity index (χ3n) is 2.33. The molecule has 0 aliphatic heterocycles. The van der Waals surface area contributed by atoms with Crippen LogP contribution in [0.1, 0.15) is 24.5 Å². The third-order valence-corrected chi connectivity index (χ3v) is 2.55. The quantitative estimate of drug-likeness (QED) is 0.631. The van der Waals surface area contributed by atoms with Gasteiger partial charge in [0, 0.05) is 11.9 Å². The zero-order valence-electron chi connectivity index (χ0n) is 9.52. The van der Waals surface area contributed by atoms with Crippen molar-refractivity contribution in [3.05, 3.63) is 35.4 Å². The number of alkyl halides is 4. The van der Waals surface area contributed by atoms with Crippen molar-refractivity contribution in [2.45, 2.75) is 31.4 Å². The van der Waals surface area contributed by atoms with Crippen LogP contribution in [0.25, 0.3) is 0 Å².